The monoisotopic (exact) mass is 301 g/mol. The summed E-state index contributed by atoms with van der Waals surface area (Å²) in [5.41, 5.74) is 0. The number of carbonyl (C=O) groups excluding carboxylic acids is 1. The molecule has 1 aliphatic carbocycles. The van der Waals surface area contributed by atoms with Crippen LogP contribution < -0.4 is 0 Å². The van der Waals surface area contributed by atoms with Crippen LogP contribution in [-0.2, 0) is 19.4 Å². The zero-order valence-electron chi connectivity index (χ0n) is 10.3. The fourth-order valence-corrected chi connectivity index (χ4v) is 3.99. The van der Waals surface area contributed by atoms with E-state index in [1.807, 2.05) is 0 Å². The number of Topliss-reactive ketones (excluding diaryl/α,β-unsaturated/α-hetero) is 1. The molecule has 108 valence electrons. The van der Waals surface area contributed by atoms with Gasteiger partial charge in [-0.15, -0.1) is 0 Å². The summed E-state index contributed by atoms with van der Waals surface area (Å²) in [6.45, 7) is 0. The van der Waals surface area contributed by atoms with Crippen molar-refractivity contribution in [1.82, 2.24) is 4.98 Å². The van der Waals surface area contributed by atoms with E-state index in [9.17, 15) is 22.4 Å². The third-order valence-corrected chi connectivity index (χ3v) is 5.55. The Bertz CT molecular complexity index is 645. The molecule has 2 unspecified atom stereocenters. The van der Waals surface area contributed by atoms with Gasteiger partial charge in [-0.3, -0.25) is 9.78 Å². The van der Waals surface area contributed by atoms with Gasteiger partial charge >= 0.3 is 11.0 Å². The summed E-state index contributed by atoms with van der Waals surface area (Å²) in [5.74, 6) is -3.81. The molecule has 1 aliphatic rings. The van der Waals surface area contributed by atoms with E-state index in [1.165, 1.54) is 12.3 Å². The fraction of sp³-hybridized carbons (Fsp3) is 0.417. The minimum Gasteiger partial charge on any atom is -0.478 e. The van der Waals surface area contributed by atoms with Gasteiger partial charge in [-0.25, -0.2) is 17.6 Å². The van der Waals surface area contributed by atoms with E-state index in [1.54, 1.807) is 0 Å². The maximum absolute atomic E-state index is 14.9. The molecule has 1 heterocycles. The number of hydrogen-bond acceptors (Lipinski definition) is 5. The number of rotatable bonds is 4. The molecule has 1 saturated carbocycles. The van der Waals surface area contributed by atoms with E-state index in [-0.39, 0.29) is 25.0 Å². The van der Waals surface area contributed by atoms with Gasteiger partial charge in [0, 0.05) is 31.2 Å². The van der Waals surface area contributed by atoms with Gasteiger partial charge in [0.25, 0.3) is 0 Å². The Morgan fingerprint density at radius 3 is 2.65 bits per heavy atom. The first kappa shape index (κ1) is 14.6. The predicted molar refractivity (Wildman–Crippen MR) is 65.2 cm³/mol. The maximum Gasteiger partial charge on any atom is 0.358 e. The Hall–Kier alpha value is -1.83. The van der Waals surface area contributed by atoms with Crippen molar-refractivity contribution < 1.29 is 27.5 Å². The number of hydrogen-bond donors (Lipinski definition) is 1. The lowest BCUT2D eigenvalue weighted by Crippen LogP contribution is -2.48. The summed E-state index contributed by atoms with van der Waals surface area (Å²) in [5, 5.41) is 5.58. The van der Waals surface area contributed by atoms with Crippen molar-refractivity contribution in [3.63, 3.8) is 0 Å². The molecule has 20 heavy (non-hydrogen) atoms. The highest BCUT2D eigenvalue weighted by Gasteiger charge is 2.60. The van der Waals surface area contributed by atoms with Crippen LogP contribution in [0.25, 0.3) is 0 Å². The number of nitrogens with zero attached hydrogens (tertiary/aromatic N) is 1. The SMILES string of the molecule is O=C1CCC(C(F)(C(=O)O)S(=O)(=O)c2cccnc2)C1. The largest absolute Gasteiger partial charge is 0.478 e. The number of sulfone groups is 1. The zero-order valence-corrected chi connectivity index (χ0v) is 11.1. The van der Waals surface area contributed by atoms with Crippen molar-refractivity contribution in [2.75, 3.05) is 0 Å². The molecular weight excluding hydrogens is 289 g/mol. The van der Waals surface area contributed by atoms with Crippen LogP contribution in [0.4, 0.5) is 4.39 Å². The van der Waals surface area contributed by atoms with Crippen LogP contribution >= 0.6 is 0 Å². The minimum absolute atomic E-state index is 0.00776. The standard InChI is InChI=1S/C12H12FNO5S/c13-12(11(16)17,8-3-4-9(15)6-8)20(18,19)10-2-1-5-14-7-10/h1-2,5,7-8H,3-4,6H2,(H,16,17). The van der Waals surface area contributed by atoms with Gasteiger partial charge in [0.2, 0.25) is 9.84 Å². The van der Waals surface area contributed by atoms with Crippen LogP contribution in [0.1, 0.15) is 19.3 Å². The molecule has 2 rings (SSSR count). The van der Waals surface area contributed by atoms with E-state index < -0.39 is 31.6 Å². The number of alkyl halides is 1. The highest BCUT2D eigenvalue weighted by molar-refractivity contribution is 7.93. The molecule has 1 fully saturated rings. The van der Waals surface area contributed by atoms with Crippen molar-refractivity contribution >= 4 is 21.6 Å². The number of carboxylic acids is 1. The Morgan fingerprint density at radius 1 is 1.50 bits per heavy atom. The van der Waals surface area contributed by atoms with Crippen molar-refractivity contribution in [2.45, 2.75) is 29.2 Å². The first-order valence-corrected chi connectivity index (χ1v) is 7.37. The van der Waals surface area contributed by atoms with Gasteiger partial charge in [-0.05, 0) is 18.6 Å². The molecule has 0 bridgehead atoms. The van der Waals surface area contributed by atoms with Crippen LogP contribution in [0.5, 0.6) is 0 Å². The molecule has 1 N–H and O–H groups in total. The molecule has 2 atom stereocenters. The van der Waals surface area contributed by atoms with E-state index in [4.69, 9.17) is 5.11 Å². The van der Waals surface area contributed by atoms with Crippen LogP contribution in [0.2, 0.25) is 0 Å². The van der Waals surface area contributed by atoms with Crippen molar-refractivity contribution in [1.29, 1.82) is 0 Å². The van der Waals surface area contributed by atoms with Gasteiger partial charge < -0.3 is 5.11 Å². The molecule has 0 aromatic carbocycles. The summed E-state index contributed by atoms with van der Waals surface area (Å²) in [7, 11) is -4.79. The molecular formula is C12H12FNO5S. The van der Waals surface area contributed by atoms with Gasteiger partial charge in [0.15, 0.2) is 0 Å². The summed E-state index contributed by atoms with van der Waals surface area (Å²) in [4.78, 5) is 25.5. The summed E-state index contributed by atoms with van der Waals surface area (Å²) in [6.07, 6.45) is 1.69. The second-order valence-corrected chi connectivity index (χ2v) is 6.69. The van der Waals surface area contributed by atoms with E-state index in [0.717, 1.165) is 12.3 Å². The number of pyridine rings is 1. The predicted octanol–water partition coefficient (Wildman–Crippen LogP) is 0.975. The highest BCUT2D eigenvalue weighted by atomic mass is 32.2. The molecule has 0 aliphatic heterocycles. The van der Waals surface area contributed by atoms with Crippen LogP contribution in [0.3, 0.4) is 0 Å². The Labute approximate surface area is 114 Å². The Kier molecular flexibility index (Phi) is 3.59. The highest BCUT2D eigenvalue weighted by Crippen LogP contribution is 2.42. The number of carboxylic acid groups (broad SMARTS) is 1. The minimum atomic E-state index is -4.79. The van der Waals surface area contributed by atoms with E-state index in [0.29, 0.717) is 0 Å². The van der Waals surface area contributed by atoms with E-state index >= 15 is 0 Å². The molecule has 1 aromatic rings. The van der Waals surface area contributed by atoms with Crippen LogP contribution in [0, 0.1) is 5.92 Å². The topological polar surface area (TPSA) is 101 Å². The number of aromatic nitrogens is 1. The molecule has 1 aromatic heterocycles. The third-order valence-electron chi connectivity index (χ3n) is 3.40. The van der Waals surface area contributed by atoms with Gasteiger partial charge in [0.05, 0.1) is 4.90 Å². The van der Waals surface area contributed by atoms with Crippen molar-refractivity contribution in [2.24, 2.45) is 5.92 Å². The van der Waals surface area contributed by atoms with Crippen LogP contribution in [0.15, 0.2) is 29.4 Å². The maximum atomic E-state index is 14.9. The molecule has 0 spiro atoms. The van der Waals surface area contributed by atoms with E-state index in [2.05, 4.69) is 4.98 Å². The lowest BCUT2D eigenvalue weighted by atomic mass is 10.0. The average molecular weight is 301 g/mol. The van der Waals surface area contributed by atoms with Crippen molar-refractivity contribution in [3.8, 4) is 0 Å². The smallest absolute Gasteiger partial charge is 0.358 e. The fourth-order valence-electron chi connectivity index (χ4n) is 2.32. The lowest BCUT2D eigenvalue weighted by Gasteiger charge is -2.26. The van der Waals surface area contributed by atoms with Gasteiger partial charge in [0.1, 0.15) is 5.78 Å². The molecule has 6 nitrogen and oxygen atoms in total. The molecule has 0 amide bonds. The quantitative estimate of drug-likeness (QED) is 0.889. The number of halogens is 1. The first-order chi connectivity index (χ1) is 9.30. The summed E-state index contributed by atoms with van der Waals surface area (Å²) >= 11 is 0. The number of ketones is 1. The summed E-state index contributed by atoms with van der Waals surface area (Å²) < 4.78 is 39.5. The van der Waals surface area contributed by atoms with Crippen molar-refractivity contribution in [3.05, 3.63) is 24.5 Å². The average Bonchev–Trinajstić information content (AvgIpc) is 2.85. The zero-order chi connectivity index (χ0) is 15.0. The third kappa shape index (κ3) is 2.09. The summed E-state index contributed by atoms with van der Waals surface area (Å²) in [6, 6.07) is 2.35. The Balaban J connectivity index is 2.54. The molecule has 0 radical (unpaired) electrons. The lowest BCUT2D eigenvalue weighted by molar-refractivity contribution is -0.147. The van der Waals surface area contributed by atoms with Gasteiger partial charge in [-0.1, -0.05) is 0 Å². The second-order valence-electron chi connectivity index (χ2n) is 4.62. The normalized spacial score (nSPS) is 22.4. The molecule has 0 saturated heterocycles. The Morgan fingerprint density at radius 2 is 2.20 bits per heavy atom. The molecule has 8 heteroatoms. The number of carbonyl (C=O) groups is 2. The van der Waals surface area contributed by atoms with Gasteiger partial charge in [-0.2, -0.15) is 0 Å². The number of aliphatic carboxylic acids is 1. The van der Waals surface area contributed by atoms with Crippen LogP contribution in [-0.4, -0.2) is 35.3 Å². The second kappa shape index (κ2) is 4.93. The first-order valence-electron chi connectivity index (χ1n) is 5.89.